The molecule has 0 aromatic heterocycles. The van der Waals surface area contributed by atoms with Gasteiger partial charge in [0.05, 0.1) is 0 Å². The first-order valence-electron chi connectivity index (χ1n) is 7.34. The first kappa shape index (κ1) is 20.3. The topological polar surface area (TPSA) is 0 Å². The van der Waals surface area contributed by atoms with Crippen molar-refractivity contribution in [3.63, 3.8) is 0 Å². The molecule has 115 valence electrons. The van der Waals surface area contributed by atoms with Crippen molar-refractivity contribution in [2.45, 2.75) is 19.8 Å². The molecule has 0 spiro atoms. The molecule has 0 atom stereocenters. The number of rotatable bonds is 2. The van der Waals surface area contributed by atoms with Gasteiger partial charge in [-0.05, 0) is 12.8 Å². The minimum Gasteiger partial charge on any atom is -1.00 e. The van der Waals surface area contributed by atoms with Crippen molar-refractivity contribution in [2.75, 3.05) is 0 Å². The summed E-state index contributed by atoms with van der Waals surface area (Å²) < 4.78 is 0. The Labute approximate surface area is 169 Å². The summed E-state index contributed by atoms with van der Waals surface area (Å²) in [5, 5.41) is 5.53. The second-order valence-electron chi connectivity index (χ2n) is 5.47. The van der Waals surface area contributed by atoms with E-state index in [1.165, 1.54) is 38.2 Å². The molecule has 0 aliphatic heterocycles. The van der Waals surface area contributed by atoms with Gasteiger partial charge in [0.2, 0.25) is 0 Å². The predicted molar refractivity (Wildman–Crippen MR) is 88.2 cm³/mol. The van der Waals surface area contributed by atoms with Crippen molar-refractivity contribution >= 4 is 27.1 Å². The van der Waals surface area contributed by atoms with E-state index in [1.807, 2.05) is 0 Å². The summed E-state index contributed by atoms with van der Waals surface area (Å²) in [7, 11) is 0. The Morgan fingerprint density at radius 1 is 1.00 bits per heavy atom. The van der Waals surface area contributed by atoms with Gasteiger partial charge >= 0.3 is 26.2 Å². The molecule has 0 N–H and O–H groups in total. The van der Waals surface area contributed by atoms with E-state index in [2.05, 4.69) is 67.6 Å². The molecule has 23 heavy (non-hydrogen) atoms. The third kappa shape index (κ3) is 3.38. The van der Waals surface area contributed by atoms with Crippen LogP contribution in [0.5, 0.6) is 0 Å². The van der Waals surface area contributed by atoms with Gasteiger partial charge in [0, 0.05) is 0 Å². The Bertz CT molecular complexity index is 872. The van der Waals surface area contributed by atoms with Crippen molar-refractivity contribution in [1.29, 1.82) is 0 Å². The van der Waals surface area contributed by atoms with Crippen LogP contribution in [0.4, 0.5) is 0 Å². The van der Waals surface area contributed by atoms with Crippen LogP contribution in [-0.2, 0) is 32.6 Å². The number of fused-ring (bicyclic) bond motifs is 3. The van der Waals surface area contributed by atoms with Crippen LogP contribution < -0.4 is 24.8 Å². The Morgan fingerprint density at radius 3 is 2.48 bits per heavy atom. The molecular weight excluding hydrogens is 402 g/mol. The maximum absolute atomic E-state index is 2.36. The minimum atomic E-state index is 0. The molecule has 0 fully saturated rings. The molecule has 0 unspecified atom stereocenters. The number of benzene rings is 2. The molecule has 0 bridgehead atoms. The number of hydrogen-bond acceptors (Lipinski definition) is 0. The molecule has 1 aliphatic carbocycles. The van der Waals surface area contributed by atoms with Gasteiger partial charge in [-0.2, -0.15) is 0 Å². The maximum atomic E-state index is 2.36. The van der Waals surface area contributed by atoms with Gasteiger partial charge in [-0.15, -0.1) is 33.7 Å². The zero-order valence-electron chi connectivity index (χ0n) is 12.9. The number of allylic oxidation sites excluding steroid dienone is 4. The molecular formula is C20H17Cl2Zr. The third-order valence-corrected chi connectivity index (χ3v) is 4.36. The molecule has 0 amide bonds. The van der Waals surface area contributed by atoms with Crippen LogP contribution >= 0.6 is 0 Å². The van der Waals surface area contributed by atoms with E-state index < -0.39 is 0 Å². The summed E-state index contributed by atoms with van der Waals surface area (Å²) in [5.74, 6) is 0. The number of halogens is 2. The predicted octanol–water partition coefficient (Wildman–Crippen LogP) is -0.377. The molecule has 3 aromatic rings. The summed E-state index contributed by atoms with van der Waals surface area (Å²) in [6.45, 7) is 2.25. The Morgan fingerprint density at radius 2 is 1.78 bits per heavy atom. The van der Waals surface area contributed by atoms with Crippen molar-refractivity contribution in [2.24, 2.45) is 0 Å². The Balaban J connectivity index is 0.000000882. The zero-order valence-corrected chi connectivity index (χ0v) is 16.9. The van der Waals surface area contributed by atoms with Crippen molar-refractivity contribution in [3.05, 3.63) is 71.8 Å². The summed E-state index contributed by atoms with van der Waals surface area (Å²) in [4.78, 5) is 0. The van der Waals surface area contributed by atoms with E-state index in [9.17, 15) is 0 Å². The molecule has 0 nitrogen and oxygen atoms in total. The summed E-state index contributed by atoms with van der Waals surface area (Å²) in [6, 6.07) is 15.7. The van der Waals surface area contributed by atoms with E-state index in [0.717, 1.165) is 12.8 Å². The largest absolute Gasteiger partial charge is 3.00 e. The maximum Gasteiger partial charge on any atom is 3.00 e. The van der Waals surface area contributed by atoms with Crippen LogP contribution in [0.1, 0.15) is 24.5 Å². The molecule has 0 saturated carbocycles. The number of aryl methyl sites for hydroxylation is 1. The van der Waals surface area contributed by atoms with Crippen LogP contribution in [0, 0.1) is 0 Å². The van der Waals surface area contributed by atoms with Crippen LogP contribution in [0.15, 0.2) is 60.7 Å². The third-order valence-electron chi connectivity index (χ3n) is 4.36. The van der Waals surface area contributed by atoms with Crippen molar-refractivity contribution < 1.29 is 51.0 Å². The first-order valence-corrected chi connectivity index (χ1v) is 7.34. The van der Waals surface area contributed by atoms with Gasteiger partial charge in [0.1, 0.15) is 0 Å². The molecule has 3 aromatic carbocycles. The zero-order chi connectivity index (χ0) is 13.5. The van der Waals surface area contributed by atoms with Gasteiger partial charge in [-0.1, -0.05) is 72.2 Å². The SMILES string of the molecule is CCc1ccc2c([cH-]c3ccccc32)c1C1=CC=CC1.[Cl-].[Cl-].[Zr+3]. The average Bonchev–Trinajstić information content (AvgIpc) is 3.13. The van der Waals surface area contributed by atoms with Gasteiger partial charge in [-0.25, -0.2) is 0 Å². The molecule has 4 rings (SSSR count). The minimum absolute atomic E-state index is 0. The van der Waals surface area contributed by atoms with Crippen LogP contribution in [0.3, 0.4) is 0 Å². The smallest absolute Gasteiger partial charge is 1.00 e. The molecule has 3 heteroatoms. The Hall–Kier alpha value is -0.747. The van der Waals surface area contributed by atoms with E-state index in [0.29, 0.717) is 0 Å². The summed E-state index contributed by atoms with van der Waals surface area (Å²) >= 11 is 0. The standard InChI is InChI=1S/C20H17.2ClH.Zr/c1-2-14-11-12-18-17-10-6-5-9-16(17)13-19(18)20(14)15-7-3-4-8-15;;;/h3-7,9-13H,2,8H2,1H3;2*1H;/q-1;;;+3/p-2. The van der Waals surface area contributed by atoms with E-state index in [1.54, 1.807) is 0 Å². The van der Waals surface area contributed by atoms with E-state index in [-0.39, 0.29) is 51.0 Å². The molecule has 0 heterocycles. The van der Waals surface area contributed by atoms with Crippen LogP contribution in [0.25, 0.3) is 27.1 Å². The fourth-order valence-electron chi connectivity index (χ4n) is 3.38. The second-order valence-corrected chi connectivity index (χ2v) is 5.47. The fraction of sp³-hybridized carbons (Fsp3) is 0.150. The summed E-state index contributed by atoms with van der Waals surface area (Å²) in [6.07, 6.45) is 8.84. The fourth-order valence-corrected chi connectivity index (χ4v) is 3.38. The van der Waals surface area contributed by atoms with Gasteiger partial charge < -0.3 is 24.8 Å². The Kier molecular flexibility index (Phi) is 7.40. The molecule has 0 saturated heterocycles. The molecule has 1 radical (unpaired) electrons. The van der Waals surface area contributed by atoms with E-state index >= 15 is 0 Å². The van der Waals surface area contributed by atoms with Crippen LogP contribution in [-0.4, -0.2) is 0 Å². The van der Waals surface area contributed by atoms with Gasteiger partial charge in [-0.3, -0.25) is 0 Å². The van der Waals surface area contributed by atoms with Crippen molar-refractivity contribution in [1.82, 2.24) is 0 Å². The van der Waals surface area contributed by atoms with Gasteiger partial charge in [0.15, 0.2) is 0 Å². The normalized spacial score (nSPS) is 12.5. The summed E-state index contributed by atoms with van der Waals surface area (Å²) in [5.41, 5.74) is 4.39. The molecule has 1 aliphatic rings. The second kappa shape index (κ2) is 8.38. The number of hydrogen-bond donors (Lipinski definition) is 0. The quantitative estimate of drug-likeness (QED) is 0.497. The van der Waals surface area contributed by atoms with Crippen LogP contribution in [0.2, 0.25) is 0 Å². The average molecular weight is 419 g/mol. The monoisotopic (exact) mass is 417 g/mol. The van der Waals surface area contributed by atoms with E-state index in [4.69, 9.17) is 0 Å². The van der Waals surface area contributed by atoms with Gasteiger partial charge in [0.25, 0.3) is 0 Å². The van der Waals surface area contributed by atoms with Crippen molar-refractivity contribution in [3.8, 4) is 0 Å². The first-order chi connectivity index (χ1) is 9.88.